The Labute approximate surface area is 120 Å². The normalized spacial score (nSPS) is 10.1. The molecule has 92 valence electrons. The van der Waals surface area contributed by atoms with Gasteiger partial charge in [0.2, 0.25) is 0 Å². The molecule has 0 fully saturated rings. The molecule has 0 aliphatic carbocycles. The third-order valence-corrected chi connectivity index (χ3v) is 3.41. The second kappa shape index (κ2) is 5.45. The van der Waals surface area contributed by atoms with Gasteiger partial charge in [0.15, 0.2) is 5.69 Å². The molecule has 2 aromatic rings. The van der Waals surface area contributed by atoms with E-state index in [1.165, 1.54) is 12.4 Å². The maximum absolute atomic E-state index is 10.6. The molecule has 1 heterocycles. The van der Waals surface area contributed by atoms with E-state index in [9.17, 15) is 4.79 Å². The van der Waals surface area contributed by atoms with Crippen molar-refractivity contribution in [2.75, 3.05) is 5.32 Å². The number of hydrogen-bond donors (Lipinski definition) is 2. The lowest BCUT2D eigenvalue weighted by molar-refractivity contribution is 0.0690. The minimum atomic E-state index is -1.10. The average molecular weight is 373 g/mol. The van der Waals surface area contributed by atoms with Crippen LogP contribution in [-0.2, 0) is 0 Å². The van der Waals surface area contributed by atoms with E-state index >= 15 is 0 Å². The summed E-state index contributed by atoms with van der Waals surface area (Å²) in [5, 5.41) is 11.8. The molecule has 0 saturated heterocycles. The highest BCUT2D eigenvalue weighted by molar-refractivity contribution is 9.11. The van der Waals surface area contributed by atoms with E-state index in [-0.39, 0.29) is 5.69 Å². The fourth-order valence-corrected chi connectivity index (χ4v) is 2.45. The molecule has 1 aromatic carbocycles. The van der Waals surface area contributed by atoms with Crippen LogP contribution in [0.25, 0.3) is 0 Å². The Hall–Kier alpha value is -1.47. The van der Waals surface area contributed by atoms with E-state index in [0.717, 1.165) is 14.6 Å². The highest BCUT2D eigenvalue weighted by atomic mass is 79.9. The predicted molar refractivity (Wildman–Crippen MR) is 74.1 cm³/mol. The van der Waals surface area contributed by atoms with Gasteiger partial charge in [-0.2, -0.15) is 0 Å². The zero-order valence-corrected chi connectivity index (χ0v) is 12.1. The molecule has 0 bridgehead atoms. The van der Waals surface area contributed by atoms with Crippen LogP contribution in [0, 0.1) is 0 Å². The van der Waals surface area contributed by atoms with Gasteiger partial charge in [-0.25, -0.2) is 14.8 Å². The number of nitrogens with one attached hydrogen (secondary N) is 1. The maximum atomic E-state index is 10.6. The molecule has 2 rings (SSSR count). The molecule has 18 heavy (non-hydrogen) atoms. The van der Waals surface area contributed by atoms with Crippen LogP contribution in [0.5, 0.6) is 0 Å². The van der Waals surface area contributed by atoms with Crippen LogP contribution < -0.4 is 5.32 Å². The van der Waals surface area contributed by atoms with Gasteiger partial charge in [0.25, 0.3) is 0 Å². The number of benzene rings is 1. The smallest absolute Gasteiger partial charge is 0.356 e. The lowest BCUT2D eigenvalue weighted by atomic mass is 10.3. The van der Waals surface area contributed by atoms with Gasteiger partial charge in [-0.1, -0.05) is 6.07 Å². The number of anilines is 2. The van der Waals surface area contributed by atoms with Crippen molar-refractivity contribution < 1.29 is 9.90 Å². The quantitative estimate of drug-likeness (QED) is 0.863. The summed E-state index contributed by atoms with van der Waals surface area (Å²) >= 11 is 6.81. The van der Waals surface area contributed by atoms with Crippen LogP contribution in [0.2, 0.25) is 0 Å². The summed E-state index contributed by atoms with van der Waals surface area (Å²) in [6.07, 6.45) is 2.57. The Morgan fingerprint density at radius 1 is 1.17 bits per heavy atom. The molecular formula is C11H7Br2N3O2. The van der Waals surface area contributed by atoms with Crippen molar-refractivity contribution in [2.24, 2.45) is 0 Å². The Morgan fingerprint density at radius 2 is 1.83 bits per heavy atom. The van der Waals surface area contributed by atoms with E-state index in [4.69, 9.17) is 5.11 Å². The Kier molecular flexibility index (Phi) is 3.93. The summed E-state index contributed by atoms with van der Waals surface area (Å²) in [4.78, 5) is 18.4. The molecule has 0 unspecified atom stereocenters. The Morgan fingerprint density at radius 3 is 2.33 bits per heavy atom. The van der Waals surface area contributed by atoms with Gasteiger partial charge in [0.1, 0.15) is 5.82 Å². The molecule has 0 saturated carbocycles. The number of rotatable bonds is 3. The van der Waals surface area contributed by atoms with Crippen molar-refractivity contribution in [3.05, 3.63) is 45.2 Å². The van der Waals surface area contributed by atoms with E-state index in [0.29, 0.717) is 5.82 Å². The van der Waals surface area contributed by atoms with Gasteiger partial charge in [0.05, 0.1) is 18.1 Å². The highest BCUT2D eigenvalue weighted by Gasteiger charge is 2.08. The third kappa shape index (κ3) is 2.85. The van der Waals surface area contributed by atoms with Crippen LogP contribution >= 0.6 is 31.9 Å². The van der Waals surface area contributed by atoms with Gasteiger partial charge in [-0.3, -0.25) is 0 Å². The van der Waals surface area contributed by atoms with E-state index in [1.807, 2.05) is 18.2 Å². The second-order valence-electron chi connectivity index (χ2n) is 3.31. The number of carboxylic acids is 1. The molecule has 5 nitrogen and oxygen atoms in total. The predicted octanol–water partition coefficient (Wildman–Crippen LogP) is 3.44. The molecule has 0 spiro atoms. The van der Waals surface area contributed by atoms with Gasteiger partial charge in [-0.05, 0) is 44.0 Å². The number of aromatic nitrogens is 2. The molecule has 1 aromatic heterocycles. The van der Waals surface area contributed by atoms with Crippen LogP contribution in [0.1, 0.15) is 10.5 Å². The summed E-state index contributed by atoms with van der Waals surface area (Å²) in [6, 6.07) is 5.65. The van der Waals surface area contributed by atoms with Crippen molar-refractivity contribution in [2.45, 2.75) is 0 Å². The third-order valence-electron chi connectivity index (χ3n) is 2.09. The molecule has 0 radical (unpaired) electrons. The average Bonchev–Trinajstić information content (AvgIpc) is 2.34. The Bertz CT molecular complexity index is 567. The molecule has 0 amide bonds. The number of aromatic carboxylic acids is 1. The fraction of sp³-hybridized carbons (Fsp3) is 0. The van der Waals surface area contributed by atoms with E-state index in [1.54, 1.807) is 0 Å². The zero-order valence-electron chi connectivity index (χ0n) is 8.89. The van der Waals surface area contributed by atoms with Gasteiger partial charge in [-0.15, -0.1) is 0 Å². The highest BCUT2D eigenvalue weighted by Crippen LogP contribution is 2.32. The van der Waals surface area contributed by atoms with Gasteiger partial charge < -0.3 is 10.4 Å². The topological polar surface area (TPSA) is 75.1 Å². The Balaban J connectivity index is 2.26. The minimum Gasteiger partial charge on any atom is -0.476 e. The summed E-state index contributed by atoms with van der Waals surface area (Å²) < 4.78 is 1.72. The number of halogens is 2. The first-order valence-electron chi connectivity index (χ1n) is 4.84. The minimum absolute atomic E-state index is 0.0910. The SMILES string of the molecule is O=C(O)c1cnc(Nc2c(Br)cccc2Br)cn1. The molecule has 2 N–H and O–H groups in total. The fourth-order valence-electron chi connectivity index (χ4n) is 1.25. The molecule has 0 aliphatic rings. The van der Waals surface area contributed by atoms with Crippen LogP contribution in [-0.4, -0.2) is 21.0 Å². The lowest BCUT2D eigenvalue weighted by Gasteiger charge is -2.09. The summed E-state index contributed by atoms with van der Waals surface area (Å²) in [7, 11) is 0. The number of nitrogens with zero attached hydrogens (tertiary/aromatic N) is 2. The van der Waals surface area contributed by atoms with Gasteiger partial charge in [0, 0.05) is 8.95 Å². The summed E-state index contributed by atoms with van der Waals surface area (Å²) in [6.45, 7) is 0. The maximum Gasteiger partial charge on any atom is 0.356 e. The number of carbonyl (C=O) groups is 1. The van der Waals surface area contributed by atoms with Crippen LogP contribution in [0.3, 0.4) is 0 Å². The zero-order chi connectivity index (χ0) is 13.1. The lowest BCUT2D eigenvalue weighted by Crippen LogP contribution is -2.03. The summed E-state index contributed by atoms with van der Waals surface area (Å²) in [5.74, 6) is -0.635. The van der Waals surface area contributed by atoms with Crippen LogP contribution in [0.15, 0.2) is 39.5 Å². The van der Waals surface area contributed by atoms with Gasteiger partial charge >= 0.3 is 5.97 Å². The standard InChI is InChI=1S/C11H7Br2N3O2/c12-6-2-1-3-7(13)10(6)16-9-5-14-8(4-15-9)11(17)18/h1-5H,(H,15,16)(H,17,18). The number of hydrogen-bond acceptors (Lipinski definition) is 4. The monoisotopic (exact) mass is 371 g/mol. The van der Waals surface area contributed by atoms with Crippen molar-refractivity contribution in [3.8, 4) is 0 Å². The van der Waals surface area contributed by atoms with Crippen molar-refractivity contribution in [1.82, 2.24) is 9.97 Å². The summed E-state index contributed by atoms with van der Waals surface area (Å²) in [5.41, 5.74) is 0.710. The largest absolute Gasteiger partial charge is 0.476 e. The first-order chi connectivity index (χ1) is 8.58. The second-order valence-corrected chi connectivity index (χ2v) is 5.02. The van der Waals surface area contributed by atoms with Crippen molar-refractivity contribution >= 4 is 49.3 Å². The van der Waals surface area contributed by atoms with Crippen molar-refractivity contribution in [3.63, 3.8) is 0 Å². The van der Waals surface area contributed by atoms with E-state index in [2.05, 4.69) is 47.1 Å². The number of carboxylic acid groups (broad SMARTS) is 1. The van der Waals surface area contributed by atoms with Crippen LogP contribution in [0.4, 0.5) is 11.5 Å². The number of para-hydroxylation sites is 1. The molecule has 0 atom stereocenters. The first-order valence-corrected chi connectivity index (χ1v) is 6.43. The first kappa shape index (κ1) is 13.0. The van der Waals surface area contributed by atoms with Crippen molar-refractivity contribution in [1.29, 1.82) is 0 Å². The van der Waals surface area contributed by atoms with E-state index < -0.39 is 5.97 Å². The molecular weight excluding hydrogens is 366 g/mol. The molecule has 7 heteroatoms. The molecule has 0 aliphatic heterocycles.